The van der Waals surface area contributed by atoms with Crippen molar-refractivity contribution in [2.24, 2.45) is 0 Å². The van der Waals surface area contributed by atoms with E-state index in [9.17, 15) is 36.9 Å². The third-order valence-corrected chi connectivity index (χ3v) is 8.64. The first kappa shape index (κ1) is 30.8. The molecule has 0 aromatic carbocycles. The van der Waals surface area contributed by atoms with Gasteiger partial charge in [-0.1, -0.05) is 12.8 Å². The van der Waals surface area contributed by atoms with E-state index in [2.05, 4.69) is 20.8 Å². The van der Waals surface area contributed by atoms with Crippen LogP contribution in [0.2, 0.25) is 0 Å². The standard InChI is InChI=1S/C20H30N4O9S2.Na/c25-15(7-4-3-6-13-18-12(11-34-13)22-20(29)23-18)21-9-5-1-2-8-17(27)33-24-16(26)10-14(19(24)28)35(30,31)32;/h12-14,18H,1-11H2,(H,21,25)(H2,22,23,29)(H,30,31,32);/q;+1/p-1/t12-,13-,14?,18-;/m0./s1/i1+1,2+1,5+1,8+1,9+1,17+1;. The molecular formula is C20H29N4NaO9S2. The maximum Gasteiger partial charge on any atom is 1.00 e. The normalized spacial score (nSPS) is 25.1. The van der Waals surface area contributed by atoms with Crippen molar-refractivity contribution in [3.63, 3.8) is 0 Å². The van der Waals surface area contributed by atoms with Gasteiger partial charge in [-0.3, -0.25) is 14.4 Å². The third kappa shape index (κ3) is 8.58. The van der Waals surface area contributed by atoms with Gasteiger partial charge in [0, 0.05) is 30.4 Å². The average Bonchev–Trinajstić information content (AvgIpc) is 3.41. The van der Waals surface area contributed by atoms with Crippen molar-refractivity contribution in [1.82, 2.24) is 21.0 Å². The van der Waals surface area contributed by atoms with Crippen molar-refractivity contribution in [3.8, 4) is 0 Å². The molecule has 3 aliphatic heterocycles. The largest absolute Gasteiger partial charge is 1.00 e. The van der Waals surface area contributed by atoms with Crippen LogP contribution in [0.15, 0.2) is 0 Å². The Labute approximate surface area is 235 Å². The Kier molecular flexibility index (Phi) is 12.0. The van der Waals surface area contributed by atoms with E-state index in [0.29, 0.717) is 37.5 Å². The molecule has 3 fully saturated rings. The molecule has 0 radical (unpaired) electrons. The summed E-state index contributed by atoms with van der Waals surface area (Å²) in [4.78, 5) is 63.2. The predicted octanol–water partition coefficient (Wildman–Crippen LogP) is -3.48. The van der Waals surface area contributed by atoms with Crippen LogP contribution in [0.4, 0.5) is 4.79 Å². The Morgan fingerprint density at radius 3 is 2.50 bits per heavy atom. The second kappa shape index (κ2) is 14.0. The summed E-state index contributed by atoms with van der Waals surface area (Å²) in [5.41, 5.74) is 0. The van der Waals surface area contributed by atoms with Crippen molar-refractivity contribution >= 4 is 51.6 Å². The summed E-state index contributed by atoms with van der Waals surface area (Å²) >= 11 is 1.85. The molecule has 0 saturated carbocycles. The molecule has 0 spiro atoms. The molecule has 3 N–H and O–H groups in total. The predicted molar refractivity (Wildman–Crippen MR) is 121 cm³/mol. The summed E-state index contributed by atoms with van der Waals surface area (Å²) in [5, 5.41) is 7.03. The van der Waals surface area contributed by atoms with Gasteiger partial charge in [-0.15, -0.1) is 5.06 Å². The monoisotopic (exact) mass is 562 g/mol. The first-order chi connectivity index (χ1) is 16.6. The number of carbonyl (C=O) groups excluding carboxylic acids is 5. The van der Waals surface area contributed by atoms with Crippen molar-refractivity contribution in [2.75, 3.05) is 12.3 Å². The number of unbranched alkanes of at least 4 members (excludes halogenated alkanes) is 3. The fourth-order valence-corrected chi connectivity index (χ4v) is 6.45. The Bertz CT molecular complexity index is 965. The summed E-state index contributed by atoms with van der Waals surface area (Å²) in [5.74, 6) is -2.43. The number of rotatable bonds is 13. The number of carbonyl (C=O) groups is 5. The zero-order valence-electron chi connectivity index (χ0n) is 20.0. The molecule has 5 amide bonds. The van der Waals surface area contributed by atoms with Gasteiger partial charge in [-0.05, 0) is 25.7 Å². The van der Waals surface area contributed by atoms with Gasteiger partial charge < -0.3 is 25.3 Å². The molecule has 3 heterocycles. The molecular weight excluding hydrogens is 533 g/mol. The van der Waals surface area contributed by atoms with Gasteiger partial charge in [0.2, 0.25) is 5.91 Å². The smallest absolute Gasteiger partial charge is 0.747 e. The second-order valence-electron chi connectivity index (χ2n) is 8.70. The molecule has 3 aliphatic rings. The van der Waals surface area contributed by atoms with E-state index in [0.717, 1.165) is 25.0 Å². The van der Waals surface area contributed by atoms with E-state index in [4.69, 9.17) is 0 Å². The number of thioether (sulfide) groups is 1. The first-order valence-electron chi connectivity index (χ1n) is 11.5. The topological polar surface area (TPSA) is 191 Å². The number of hydrogen-bond acceptors (Lipinski definition) is 10. The molecule has 36 heavy (non-hydrogen) atoms. The second-order valence-corrected chi connectivity index (χ2v) is 11.5. The number of amides is 5. The summed E-state index contributed by atoms with van der Waals surface area (Å²) in [6, 6.07) is 0.258. The molecule has 0 bridgehead atoms. The van der Waals surface area contributed by atoms with Crippen LogP contribution < -0.4 is 45.5 Å². The summed E-state index contributed by atoms with van der Waals surface area (Å²) in [7, 11) is -5.01. The van der Waals surface area contributed by atoms with Crippen molar-refractivity contribution in [3.05, 3.63) is 0 Å². The molecule has 0 aromatic heterocycles. The van der Waals surface area contributed by atoms with E-state index in [1.807, 2.05) is 11.8 Å². The minimum atomic E-state index is -5.01. The van der Waals surface area contributed by atoms with Gasteiger partial charge in [0.05, 0.1) is 18.5 Å². The maximum absolute atomic E-state index is 12.0. The fourth-order valence-electron chi connectivity index (χ4n) is 4.21. The number of hydroxylamine groups is 2. The van der Waals surface area contributed by atoms with Crippen LogP contribution in [0, 0.1) is 0 Å². The number of urea groups is 1. The van der Waals surface area contributed by atoms with Crippen LogP contribution >= 0.6 is 11.8 Å². The Hall–Kier alpha value is -1.39. The summed E-state index contributed by atoms with van der Waals surface area (Å²) in [6.07, 6.45) is 3.64. The zero-order valence-corrected chi connectivity index (χ0v) is 23.7. The van der Waals surface area contributed by atoms with Gasteiger partial charge in [-0.2, -0.15) is 11.8 Å². The molecule has 13 nitrogen and oxygen atoms in total. The van der Waals surface area contributed by atoms with Gasteiger partial charge >= 0.3 is 41.6 Å². The molecule has 1 unspecified atom stereocenters. The quantitative estimate of drug-likeness (QED) is 0.0507. The molecule has 4 atom stereocenters. The molecule has 16 heteroatoms. The summed E-state index contributed by atoms with van der Waals surface area (Å²) in [6.45, 7) is 0.444. The van der Waals surface area contributed by atoms with Gasteiger partial charge in [-0.25, -0.2) is 18.0 Å². The van der Waals surface area contributed by atoms with E-state index in [1.165, 1.54) is 0 Å². The number of imide groups is 1. The Morgan fingerprint density at radius 2 is 1.81 bits per heavy atom. The van der Waals surface area contributed by atoms with E-state index >= 15 is 0 Å². The molecule has 0 aliphatic carbocycles. The van der Waals surface area contributed by atoms with E-state index < -0.39 is 39.6 Å². The average molecular weight is 563 g/mol. The summed E-state index contributed by atoms with van der Waals surface area (Å²) < 4.78 is 32.9. The van der Waals surface area contributed by atoms with Crippen LogP contribution in [0.3, 0.4) is 0 Å². The minimum Gasteiger partial charge on any atom is -0.747 e. The number of fused-ring (bicyclic) bond motifs is 1. The van der Waals surface area contributed by atoms with Crippen molar-refractivity contribution < 1.29 is 71.3 Å². The Balaban J connectivity index is 0.00000456. The van der Waals surface area contributed by atoms with Crippen molar-refractivity contribution in [1.29, 1.82) is 0 Å². The van der Waals surface area contributed by atoms with Crippen LogP contribution in [0.1, 0.15) is 57.8 Å². The van der Waals surface area contributed by atoms with Gasteiger partial charge in [0.15, 0.2) is 0 Å². The molecule has 3 rings (SSSR count). The maximum atomic E-state index is 12.0. The van der Waals surface area contributed by atoms with Crippen LogP contribution in [-0.2, 0) is 34.1 Å². The molecule has 196 valence electrons. The van der Waals surface area contributed by atoms with Crippen LogP contribution in [0.25, 0.3) is 0 Å². The molecule has 0 aromatic rings. The Morgan fingerprint density at radius 1 is 1.08 bits per heavy atom. The fraction of sp³-hybridized carbons (Fsp3) is 0.750. The van der Waals surface area contributed by atoms with Gasteiger partial charge in [0.1, 0.15) is 15.4 Å². The number of nitrogens with one attached hydrogen (secondary N) is 3. The van der Waals surface area contributed by atoms with E-state index in [1.54, 1.807) is 0 Å². The van der Waals surface area contributed by atoms with E-state index in [-0.39, 0.29) is 65.1 Å². The SMILES string of the molecule is O=C(CCCC[C@@H]1SC[C@@H]2NC(=O)N[C@@H]21)N[13CH2][13CH2][13CH2][13CH2][13CH2][13C](=O)ON1C(=O)CC(S(=O)(=O)[O-])C1=O.[Na+]. The number of hydrogen-bond donors (Lipinski definition) is 3. The van der Waals surface area contributed by atoms with Crippen LogP contribution in [-0.4, -0.2) is 82.6 Å². The molecule has 3 saturated heterocycles. The van der Waals surface area contributed by atoms with Crippen molar-refractivity contribution in [2.45, 2.75) is 80.4 Å². The van der Waals surface area contributed by atoms with Gasteiger partial charge in [0.25, 0.3) is 11.8 Å². The first-order valence-corrected chi connectivity index (χ1v) is 14.1. The van der Waals surface area contributed by atoms with Crippen LogP contribution in [0.5, 0.6) is 0 Å². The third-order valence-electron chi connectivity index (χ3n) is 6.06. The minimum absolute atomic E-state index is 0. The zero-order chi connectivity index (χ0) is 25.6. The number of nitrogens with zero attached hydrogens (tertiary/aromatic N) is 1.